The van der Waals surface area contributed by atoms with E-state index in [4.69, 9.17) is 7.98 Å². The van der Waals surface area contributed by atoms with E-state index >= 15 is 0 Å². The molecule has 1 atom stereocenters. The van der Waals surface area contributed by atoms with Crippen LogP contribution in [0.1, 0.15) is 11.1 Å². The van der Waals surface area contributed by atoms with E-state index in [2.05, 4.69) is 10.5 Å². The van der Waals surface area contributed by atoms with Crippen LogP contribution in [0, 0.1) is 6.92 Å². The molecule has 0 aromatic heterocycles. The molecule has 0 saturated heterocycles. The topological polar surface area (TPSA) is 61.4 Å². The number of nitrogens with one attached hydrogen (secondary N) is 2. The van der Waals surface area contributed by atoms with Gasteiger partial charge in [-0.05, 0) is 37.6 Å². The van der Waals surface area contributed by atoms with Gasteiger partial charge < -0.3 is 15.7 Å². The molecule has 2 radical (unpaired) electrons. The molecule has 1 aromatic carbocycles. The van der Waals surface area contributed by atoms with Gasteiger partial charge in [0.25, 0.3) is 0 Å². The molecule has 84 valence electrons. The van der Waals surface area contributed by atoms with Gasteiger partial charge in [0.1, 0.15) is 5.75 Å². The van der Waals surface area contributed by atoms with E-state index in [-0.39, 0.29) is 17.7 Å². The molecule has 3 N–H and O–H groups in total. The first-order chi connectivity index (χ1) is 7.58. The third kappa shape index (κ3) is 3.00. The van der Waals surface area contributed by atoms with Crippen LogP contribution in [-0.2, 0) is 11.2 Å². The van der Waals surface area contributed by atoms with Gasteiger partial charge in [-0.25, -0.2) is 0 Å². The lowest BCUT2D eigenvalue weighted by atomic mass is 10.0. The van der Waals surface area contributed by atoms with Crippen molar-refractivity contribution in [3.8, 4) is 5.75 Å². The maximum Gasteiger partial charge on any atom is 0.226 e. The molecule has 0 aliphatic heterocycles. The largest absolute Gasteiger partial charge is 0.508 e. The molecule has 0 saturated carbocycles. The molecule has 1 amide bonds. The van der Waals surface area contributed by atoms with E-state index in [0.717, 1.165) is 11.1 Å². The standard InChI is InChI=1S/C11H15BN2O2/c1-7-5-8(3-4-10(7)15)6-9(13-2)11(16)14-12/h3-5,9,13,15H,6H2,1-2H3,(H,14,16)/t9-/m0/s1. The number of carbonyl (C=O) groups is 1. The molecular weight excluding hydrogens is 203 g/mol. The van der Waals surface area contributed by atoms with E-state index < -0.39 is 0 Å². The normalized spacial score (nSPS) is 12.1. The lowest BCUT2D eigenvalue weighted by molar-refractivity contribution is -0.121. The van der Waals surface area contributed by atoms with Crippen LogP contribution >= 0.6 is 0 Å². The smallest absolute Gasteiger partial charge is 0.226 e. The third-order valence-corrected chi connectivity index (χ3v) is 2.51. The number of benzene rings is 1. The quantitative estimate of drug-likeness (QED) is 0.625. The number of aromatic hydroxyl groups is 1. The molecule has 0 bridgehead atoms. The fourth-order valence-corrected chi connectivity index (χ4v) is 1.51. The number of amides is 1. The molecule has 0 spiro atoms. The Morgan fingerprint density at radius 2 is 2.25 bits per heavy atom. The highest BCUT2D eigenvalue weighted by Gasteiger charge is 2.15. The molecule has 4 nitrogen and oxygen atoms in total. The first kappa shape index (κ1) is 12.6. The van der Waals surface area contributed by atoms with E-state index in [1.54, 1.807) is 19.2 Å². The third-order valence-electron chi connectivity index (χ3n) is 2.51. The van der Waals surface area contributed by atoms with Crippen LogP contribution in [-0.4, -0.2) is 32.1 Å². The van der Waals surface area contributed by atoms with Crippen LogP contribution in [0.3, 0.4) is 0 Å². The molecule has 0 aliphatic carbocycles. The van der Waals surface area contributed by atoms with Crippen LogP contribution in [0.2, 0.25) is 0 Å². The Kier molecular flexibility index (Phi) is 4.37. The van der Waals surface area contributed by atoms with Crippen molar-refractivity contribution in [3.05, 3.63) is 29.3 Å². The van der Waals surface area contributed by atoms with E-state index in [1.807, 2.05) is 13.0 Å². The summed E-state index contributed by atoms with van der Waals surface area (Å²) in [6.07, 6.45) is 0.528. The van der Waals surface area contributed by atoms with Crippen molar-refractivity contribution in [2.75, 3.05) is 7.05 Å². The maximum absolute atomic E-state index is 11.4. The van der Waals surface area contributed by atoms with Crippen LogP contribution in [0.5, 0.6) is 5.75 Å². The number of phenols is 1. The Morgan fingerprint density at radius 3 is 2.75 bits per heavy atom. The fourth-order valence-electron chi connectivity index (χ4n) is 1.51. The van der Waals surface area contributed by atoms with E-state index in [1.165, 1.54) is 0 Å². The Morgan fingerprint density at radius 1 is 1.56 bits per heavy atom. The summed E-state index contributed by atoms with van der Waals surface area (Å²) in [5.41, 5.74) is 1.76. The zero-order chi connectivity index (χ0) is 12.1. The summed E-state index contributed by atoms with van der Waals surface area (Å²) in [6.45, 7) is 1.82. The zero-order valence-electron chi connectivity index (χ0n) is 9.45. The average molecular weight is 218 g/mol. The van der Waals surface area contributed by atoms with Gasteiger partial charge in [-0.2, -0.15) is 0 Å². The second-order valence-corrected chi connectivity index (χ2v) is 3.67. The summed E-state index contributed by atoms with van der Waals surface area (Å²) in [6, 6.07) is 4.89. The number of aryl methyl sites for hydroxylation is 1. The van der Waals surface area contributed by atoms with E-state index in [9.17, 15) is 9.90 Å². The minimum absolute atomic E-state index is 0.256. The number of carbonyl (C=O) groups excluding carboxylic acids is 1. The highest BCUT2D eigenvalue weighted by atomic mass is 16.3. The van der Waals surface area contributed by atoms with Gasteiger partial charge in [-0.15, -0.1) is 0 Å². The van der Waals surface area contributed by atoms with Gasteiger partial charge in [0.05, 0.1) is 6.04 Å². The van der Waals surface area contributed by atoms with Gasteiger partial charge in [0, 0.05) is 0 Å². The molecule has 0 unspecified atom stereocenters. The van der Waals surface area contributed by atoms with Gasteiger partial charge >= 0.3 is 0 Å². The van der Waals surface area contributed by atoms with Crippen molar-refractivity contribution in [1.82, 2.24) is 10.5 Å². The number of phenolic OH excluding ortho intramolecular Hbond substituents is 1. The van der Waals surface area contributed by atoms with Gasteiger partial charge in [0.15, 0.2) is 0 Å². The number of rotatable bonds is 4. The highest BCUT2D eigenvalue weighted by Crippen LogP contribution is 2.17. The Balaban J connectivity index is 2.78. The average Bonchev–Trinajstić information content (AvgIpc) is 2.29. The molecule has 16 heavy (non-hydrogen) atoms. The van der Waals surface area contributed by atoms with Crippen LogP contribution in [0.25, 0.3) is 0 Å². The first-order valence-corrected chi connectivity index (χ1v) is 5.04. The minimum atomic E-state index is -0.367. The summed E-state index contributed by atoms with van der Waals surface area (Å²) in [5.74, 6) is 0.00117. The van der Waals surface area contributed by atoms with Crippen LogP contribution in [0.4, 0.5) is 0 Å². The van der Waals surface area contributed by atoms with Crippen molar-refractivity contribution in [3.63, 3.8) is 0 Å². The molecule has 1 aromatic rings. The van der Waals surface area contributed by atoms with Crippen molar-refractivity contribution < 1.29 is 9.90 Å². The number of likely N-dealkylation sites (N-methyl/N-ethyl adjacent to an activating group) is 1. The van der Waals surface area contributed by atoms with Crippen molar-refractivity contribution >= 4 is 13.9 Å². The predicted octanol–water partition coefficient (Wildman–Crippen LogP) is 0.0308. The number of hydrogen-bond donors (Lipinski definition) is 3. The molecular formula is C11H15BN2O2. The Bertz CT molecular complexity index is 382. The van der Waals surface area contributed by atoms with Crippen LogP contribution < -0.4 is 10.5 Å². The summed E-state index contributed by atoms with van der Waals surface area (Å²) in [5, 5.41) is 14.4. The second kappa shape index (κ2) is 5.56. The van der Waals surface area contributed by atoms with Gasteiger partial charge in [-0.1, -0.05) is 12.1 Å². The maximum atomic E-state index is 11.4. The monoisotopic (exact) mass is 218 g/mol. The van der Waals surface area contributed by atoms with E-state index in [0.29, 0.717) is 6.42 Å². The first-order valence-electron chi connectivity index (χ1n) is 5.04. The molecule has 1 rings (SSSR count). The van der Waals surface area contributed by atoms with Crippen molar-refractivity contribution in [2.45, 2.75) is 19.4 Å². The van der Waals surface area contributed by atoms with Crippen molar-refractivity contribution in [1.29, 1.82) is 0 Å². The Hall–Kier alpha value is -1.49. The SMILES string of the molecule is [B]NC(=O)[C@H](Cc1ccc(O)c(C)c1)NC. The molecule has 0 heterocycles. The van der Waals surface area contributed by atoms with Crippen molar-refractivity contribution in [2.24, 2.45) is 0 Å². The zero-order valence-corrected chi connectivity index (χ0v) is 9.45. The minimum Gasteiger partial charge on any atom is -0.508 e. The molecule has 5 heteroatoms. The van der Waals surface area contributed by atoms with Crippen LogP contribution in [0.15, 0.2) is 18.2 Å². The fraction of sp³-hybridized carbons (Fsp3) is 0.364. The second-order valence-electron chi connectivity index (χ2n) is 3.67. The summed E-state index contributed by atoms with van der Waals surface area (Å²) in [7, 11) is 6.78. The molecule has 0 aliphatic rings. The van der Waals surface area contributed by atoms with Gasteiger partial charge in [-0.3, -0.25) is 4.79 Å². The molecule has 0 fully saturated rings. The predicted molar refractivity (Wildman–Crippen MR) is 63.3 cm³/mol. The lowest BCUT2D eigenvalue weighted by Crippen LogP contribution is -2.43. The lowest BCUT2D eigenvalue weighted by Gasteiger charge is -2.15. The summed E-state index contributed by atoms with van der Waals surface area (Å²) in [4.78, 5) is 11.4. The summed E-state index contributed by atoms with van der Waals surface area (Å²) >= 11 is 0. The Labute approximate surface area is 96.5 Å². The summed E-state index contributed by atoms with van der Waals surface area (Å²) < 4.78 is 0. The number of hydrogen-bond acceptors (Lipinski definition) is 3. The highest BCUT2D eigenvalue weighted by molar-refractivity contribution is 6.15. The van der Waals surface area contributed by atoms with Gasteiger partial charge in [0.2, 0.25) is 13.9 Å².